The van der Waals surface area contributed by atoms with Gasteiger partial charge in [0.05, 0.1) is 14.2 Å². The summed E-state index contributed by atoms with van der Waals surface area (Å²) < 4.78 is 11.1. The first-order valence-electron chi connectivity index (χ1n) is 6.36. The van der Waals surface area contributed by atoms with E-state index >= 15 is 0 Å². The molecule has 1 aromatic rings. The summed E-state index contributed by atoms with van der Waals surface area (Å²) in [6.07, 6.45) is 3.56. The molecule has 0 saturated carbocycles. The van der Waals surface area contributed by atoms with Crippen LogP contribution in [0.15, 0.2) is 28.3 Å². The molecule has 0 aromatic heterocycles. The van der Waals surface area contributed by atoms with Crippen LogP contribution in [-0.4, -0.2) is 14.2 Å². The van der Waals surface area contributed by atoms with Crippen LogP contribution in [0.3, 0.4) is 0 Å². The lowest BCUT2D eigenvalue weighted by Crippen LogP contribution is -1.98. The molecule has 106 valence electrons. The van der Waals surface area contributed by atoms with Gasteiger partial charge in [0, 0.05) is 5.56 Å². The first kappa shape index (κ1) is 16.2. The Hall–Kier alpha value is -0.860. The predicted octanol–water partition coefficient (Wildman–Crippen LogP) is 5.13. The third kappa shape index (κ3) is 4.63. The van der Waals surface area contributed by atoms with Gasteiger partial charge in [-0.2, -0.15) is 0 Å². The Morgan fingerprint density at radius 1 is 1.05 bits per heavy atom. The van der Waals surface area contributed by atoms with Crippen molar-refractivity contribution in [3.05, 3.63) is 33.8 Å². The summed E-state index contributed by atoms with van der Waals surface area (Å²) in [4.78, 5) is 0. The maximum absolute atomic E-state index is 5.92. The van der Waals surface area contributed by atoms with Crippen molar-refractivity contribution in [3.8, 4) is 11.5 Å². The quantitative estimate of drug-likeness (QED) is 0.695. The van der Waals surface area contributed by atoms with E-state index in [1.807, 2.05) is 18.2 Å². The second-order valence-electron chi connectivity index (χ2n) is 4.26. The van der Waals surface area contributed by atoms with Gasteiger partial charge in [0.2, 0.25) is 0 Å². The highest BCUT2D eigenvalue weighted by atomic mass is 35.5. The number of allylic oxidation sites excluding steroid dienone is 1. The molecule has 1 aromatic carbocycles. The molecule has 19 heavy (non-hydrogen) atoms. The van der Waals surface area contributed by atoms with Crippen molar-refractivity contribution in [2.75, 3.05) is 14.2 Å². The molecule has 0 saturated heterocycles. The summed E-state index contributed by atoms with van der Waals surface area (Å²) in [6, 6.07) is 5.78. The predicted molar refractivity (Wildman–Crippen MR) is 81.5 cm³/mol. The molecule has 0 amide bonds. The van der Waals surface area contributed by atoms with Crippen molar-refractivity contribution >= 4 is 23.2 Å². The van der Waals surface area contributed by atoms with Gasteiger partial charge in [-0.05, 0) is 37.0 Å². The Balaban J connectivity index is 2.90. The standard InChI is InChI=1S/C15H20Cl2O2/c1-4-6-11(15(16)17)9-10-12-13(18-2)7-5-8-14(12)19-3/h5,7-8H,4,6,9-10H2,1-3H3. The molecular formula is C15H20Cl2O2. The van der Waals surface area contributed by atoms with Crippen molar-refractivity contribution < 1.29 is 9.47 Å². The van der Waals surface area contributed by atoms with E-state index in [-0.39, 0.29) is 0 Å². The first-order valence-corrected chi connectivity index (χ1v) is 7.12. The highest BCUT2D eigenvalue weighted by Gasteiger charge is 2.11. The van der Waals surface area contributed by atoms with Gasteiger partial charge in [-0.3, -0.25) is 0 Å². The fraction of sp³-hybridized carbons (Fsp3) is 0.467. The van der Waals surface area contributed by atoms with E-state index < -0.39 is 0 Å². The molecule has 0 aliphatic carbocycles. The van der Waals surface area contributed by atoms with Crippen LogP contribution in [0.4, 0.5) is 0 Å². The van der Waals surface area contributed by atoms with E-state index in [2.05, 4.69) is 6.92 Å². The van der Waals surface area contributed by atoms with Gasteiger partial charge < -0.3 is 9.47 Å². The van der Waals surface area contributed by atoms with E-state index in [1.54, 1.807) is 14.2 Å². The Morgan fingerprint density at radius 2 is 1.63 bits per heavy atom. The molecule has 0 heterocycles. The molecule has 0 aliphatic rings. The number of methoxy groups -OCH3 is 2. The lowest BCUT2D eigenvalue weighted by Gasteiger charge is -2.14. The Kier molecular flexibility index (Phi) is 7.11. The van der Waals surface area contributed by atoms with Crippen LogP contribution in [0.25, 0.3) is 0 Å². The molecule has 2 nitrogen and oxygen atoms in total. The molecule has 0 unspecified atom stereocenters. The Labute approximate surface area is 125 Å². The highest BCUT2D eigenvalue weighted by molar-refractivity contribution is 6.56. The average molecular weight is 303 g/mol. The summed E-state index contributed by atoms with van der Waals surface area (Å²) in [7, 11) is 3.32. The molecule has 0 radical (unpaired) electrons. The number of benzene rings is 1. The van der Waals surface area contributed by atoms with Gasteiger partial charge in [0.15, 0.2) is 0 Å². The zero-order chi connectivity index (χ0) is 14.3. The van der Waals surface area contributed by atoms with E-state index in [0.717, 1.165) is 48.3 Å². The van der Waals surface area contributed by atoms with Crippen LogP contribution in [0, 0.1) is 0 Å². The first-order chi connectivity index (χ1) is 9.13. The topological polar surface area (TPSA) is 18.5 Å². The minimum absolute atomic E-state index is 0.385. The largest absolute Gasteiger partial charge is 0.496 e. The minimum Gasteiger partial charge on any atom is -0.496 e. The summed E-state index contributed by atoms with van der Waals surface area (Å²) in [5.41, 5.74) is 2.13. The van der Waals surface area contributed by atoms with Gasteiger partial charge in [-0.15, -0.1) is 0 Å². The molecule has 4 heteroatoms. The third-order valence-corrected chi connectivity index (χ3v) is 3.56. The maximum Gasteiger partial charge on any atom is 0.125 e. The van der Waals surface area contributed by atoms with Crippen molar-refractivity contribution in [1.29, 1.82) is 0 Å². The normalized spacial score (nSPS) is 10.2. The number of hydrogen-bond acceptors (Lipinski definition) is 2. The molecule has 0 N–H and O–H groups in total. The fourth-order valence-electron chi connectivity index (χ4n) is 2.07. The van der Waals surface area contributed by atoms with Crippen molar-refractivity contribution in [3.63, 3.8) is 0 Å². The van der Waals surface area contributed by atoms with Crippen LogP contribution in [0.5, 0.6) is 11.5 Å². The SMILES string of the molecule is CCCC(CCc1c(OC)cccc1OC)=C(Cl)Cl. The van der Waals surface area contributed by atoms with Crippen LogP contribution in [0.1, 0.15) is 31.7 Å². The van der Waals surface area contributed by atoms with Crippen LogP contribution in [0.2, 0.25) is 0 Å². The van der Waals surface area contributed by atoms with Gasteiger partial charge in [0.1, 0.15) is 16.0 Å². The van der Waals surface area contributed by atoms with Crippen molar-refractivity contribution in [2.45, 2.75) is 32.6 Å². The van der Waals surface area contributed by atoms with Gasteiger partial charge in [0.25, 0.3) is 0 Å². The monoisotopic (exact) mass is 302 g/mol. The summed E-state index contributed by atoms with van der Waals surface area (Å²) in [6.45, 7) is 2.11. The summed E-state index contributed by atoms with van der Waals surface area (Å²) in [5.74, 6) is 1.67. The van der Waals surface area contributed by atoms with Gasteiger partial charge in [-0.1, -0.05) is 42.6 Å². The summed E-state index contributed by atoms with van der Waals surface area (Å²) in [5, 5.41) is 0. The number of halogens is 2. The molecule has 0 atom stereocenters. The van der Waals surface area contributed by atoms with E-state index in [1.165, 1.54) is 0 Å². The van der Waals surface area contributed by atoms with E-state index in [9.17, 15) is 0 Å². The lowest BCUT2D eigenvalue weighted by atomic mass is 10.0. The minimum atomic E-state index is 0.385. The number of rotatable bonds is 7. The molecule has 1 rings (SSSR count). The molecular weight excluding hydrogens is 283 g/mol. The molecule has 0 fully saturated rings. The second-order valence-corrected chi connectivity index (χ2v) is 5.20. The van der Waals surface area contributed by atoms with Crippen LogP contribution < -0.4 is 9.47 Å². The smallest absolute Gasteiger partial charge is 0.125 e. The highest BCUT2D eigenvalue weighted by Crippen LogP contribution is 2.32. The lowest BCUT2D eigenvalue weighted by molar-refractivity contribution is 0.385. The Bertz CT molecular complexity index is 416. The van der Waals surface area contributed by atoms with Crippen molar-refractivity contribution in [2.24, 2.45) is 0 Å². The number of hydrogen-bond donors (Lipinski definition) is 0. The molecule has 0 spiro atoms. The maximum atomic E-state index is 5.92. The van der Waals surface area contributed by atoms with Gasteiger partial charge >= 0.3 is 0 Å². The van der Waals surface area contributed by atoms with Crippen LogP contribution in [-0.2, 0) is 6.42 Å². The third-order valence-electron chi connectivity index (χ3n) is 3.03. The van der Waals surface area contributed by atoms with Crippen LogP contribution >= 0.6 is 23.2 Å². The molecule has 0 aliphatic heterocycles. The fourth-order valence-corrected chi connectivity index (χ4v) is 2.44. The summed E-state index contributed by atoms with van der Waals surface area (Å²) >= 11 is 11.8. The van der Waals surface area contributed by atoms with Gasteiger partial charge in [-0.25, -0.2) is 0 Å². The zero-order valence-corrected chi connectivity index (χ0v) is 13.1. The van der Waals surface area contributed by atoms with Crippen molar-refractivity contribution in [1.82, 2.24) is 0 Å². The zero-order valence-electron chi connectivity index (χ0n) is 11.6. The van der Waals surface area contributed by atoms with E-state index in [4.69, 9.17) is 32.7 Å². The number of ether oxygens (including phenoxy) is 2. The van der Waals surface area contributed by atoms with E-state index in [0.29, 0.717) is 4.49 Å². The average Bonchev–Trinajstić information content (AvgIpc) is 2.42. The molecule has 0 bridgehead atoms. The second kappa shape index (κ2) is 8.34. The Morgan fingerprint density at radius 3 is 2.05 bits per heavy atom.